The molecule has 3 aliphatic rings. The van der Waals surface area contributed by atoms with Crippen LogP contribution < -0.4 is 0 Å². The summed E-state index contributed by atoms with van der Waals surface area (Å²) in [6.45, 7) is 14.0. The molecule has 1 heterocycles. The highest BCUT2D eigenvalue weighted by molar-refractivity contribution is 5.19. The maximum Gasteiger partial charge on any atom is 0.109 e. The van der Waals surface area contributed by atoms with Gasteiger partial charge in [-0.25, -0.2) is 0 Å². The molecule has 3 rings (SSSR count). The Bertz CT molecular complexity index is 528. The molecule has 0 radical (unpaired) electrons. The van der Waals surface area contributed by atoms with Crippen LogP contribution in [0.25, 0.3) is 0 Å². The number of hydrogen-bond donors (Lipinski definition) is 3. The van der Waals surface area contributed by atoms with E-state index in [1.54, 1.807) is 6.92 Å². The zero-order valence-corrected chi connectivity index (χ0v) is 15.7. The van der Waals surface area contributed by atoms with E-state index in [0.717, 1.165) is 19.3 Å². The minimum absolute atomic E-state index is 0.0201. The average Bonchev–Trinajstić information content (AvgIpc) is 2.85. The fourth-order valence-electron chi connectivity index (χ4n) is 6.47. The van der Waals surface area contributed by atoms with Crippen molar-refractivity contribution in [3.05, 3.63) is 12.7 Å². The van der Waals surface area contributed by atoms with Crippen molar-refractivity contribution in [3.63, 3.8) is 0 Å². The molecule has 0 amide bonds. The number of rotatable bonds is 2. The Balaban J connectivity index is 2.06. The first-order valence-electron chi connectivity index (χ1n) is 9.30. The molecule has 1 aliphatic heterocycles. The van der Waals surface area contributed by atoms with Crippen molar-refractivity contribution >= 4 is 0 Å². The Kier molecular flexibility index (Phi) is 4.05. The molecule has 8 atom stereocenters. The largest absolute Gasteiger partial charge is 0.390 e. The highest BCUT2D eigenvalue weighted by Crippen LogP contribution is 2.66. The monoisotopic (exact) mass is 338 g/mol. The summed E-state index contributed by atoms with van der Waals surface area (Å²) in [7, 11) is 0. The number of ether oxygens (including phenoxy) is 1. The van der Waals surface area contributed by atoms with Gasteiger partial charge in [-0.3, -0.25) is 0 Å². The van der Waals surface area contributed by atoms with Gasteiger partial charge in [0.1, 0.15) is 11.7 Å². The summed E-state index contributed by atoms with van der Waals surface area (Å²) < 4.78 is 6.24. The van der Waals surface area contributed by atoms with Gasteiger partial charge in [0, 0.05) is 0 Å². The standard InChI is InChI=1S/C20H34O4/c1-7-19(5,23)13-11-12-18(4)10-8-9-17(2,3)15(18)14(21)16(22)20(12,6)24-13/h7,12-16,21-23H,1,8-11H2,2-6H3/t12-,13-,14+,15+,16+,18-,19-,20+/m1/s1. The van der Waals surface area contributed by atoms with E-state index in [1.807, 2.05) is 6.92 Å². The maximum atomic E-state index is 11.0. The maximum absolute atomic E-state index is 11.0. The van der Waals surface area contributed by atoms with Gasteiger partial charge in [0.05, 0.1) is 17.8 Å². The Labute approximate surface area is 145 Å². The molecule has 3 fully saturated rings. The fourth-order valence-corrected chi connectivity index (χ4v) is 6.47. The van der Waals surface area contributed by atoms with Crippen molar-refractivity contribution in [1.29, 1.82) is 0 Å². The third-order valence-corrected chi connectivity index (χ3v) is 7.74. The second kappa shape index (κ2) is 5.29. The molecule has 2 aliphatic carbocycles. The molecule has 0 spiro atoms. The third-order valence-electron chi connectivity index (χ3n) is 7.74. The molecule has 0 aromatic rings. The lowest BCUT2D eigenvalue weighted by atomic mass is 9.44. The third kappa shape index (κ3) is 2.26. The second-order valence-corrected chi connectivity index (χ2v) is 9.77. The van der Waals surface area contributed by atoms with Gasteiger partial charge in [-0.1, -0.05) is 33.3 Å². The van der Waals surface area contributed by atoms with Gasteiger partial charge in [0.25, 0.3) is 0 Å². The smallest absolute Gasteiger partial charge is 0.109 e. The molecule has 4 heteroatoms. The normalized spacial score (nSPS) is 52.9. The lowest BCUT2D eigenvalue weighted by Gasteiger charge is -2.63. The Morgan fingerprint density at radius 3 is 2.38 bits per heavy atom. The van der Waals surface area contributed by atoms with E-state index >= 15 is 0 Å². The van der Waals surface area contributed by atoms with Gasteiger partial charge in [-0.15, -0.1) is 6.58 Å². The van der Waals surface area contributed by atoms with E-state index in [4.69, 9.17) is 4.74 Å². The molecular formula is C20H34O4. The van der Waals surface area contributed by atoms with Gasteiger partial charge in [-0.05, 0) is 55.8 Å². The van der Waals surface area contributed by atoms with E-state index in [9.17, 15) is 15.3 Å². The summed E-state index contributed by atoms with van der Waals surface area (Å²) >= 11 is 0. The summed E-state index contributed by atoms with van der Waals surface area (Å²) in [5.74, 6) is 0.132. The Morgan fingerprint density at radius 1 is 1.17 bits per heavy atom. The van der Waals surface area contributed by atoms with Gasteiger partial charge < -0.3 is 20.1 Å². The van der Waals surface area contributed by atoms with Crippen molar-refractivity contribution in [2.24, 2.45) is 22.7 Å². The molecule has 24 heavy (non-hydrogen) atoms. The van der Waals surface area contributed by atoms with Crippen LogP contribution in [0.3, 0.4) is 0 Å². The van der Waals surface area contributed by atoms with Gasteiger partial charge in [0.2, 0.25) is 0 Å². The van der Waals surface area contributed by atoms with Crippen LogP contribution in [0.4, 0.5) is 0 Å². The van der Waals surface area contributed by atoms with Crippen LogP contribution in [0, 0.1) is 22.7 Å². The van der Waals surface area contributed by atoms with E-state index in [0.29, 0.717) is 6.42 Å². The summed E-state index contributed by atoms with van der Waals surface area (Å²) in [4.78, 5) is 0. The number of fused-ring (bicyclic) bond motifs is 3. The average molecular weight is 338 g/mol. The topological polar surface area (TPSA) is 69.9 Å². The lowest BCUT2D eigenvalue weighted by Crippen LogP contribution is -2.68. The molecule has 4 nitrogen and oxygen atoms in total. The van der Waals surface area contributed by atoms with Crippen LogP contribution in [-0.2, 0) is 4.74 Å². The minimum Gasteiger partial charge on any atom is -0.390 e. The Morgan fingerprint density at radius 2 is 1.79 bits per heavy atom. The zero-order chi connectivity index (χ0) is 18.1. The predicted octanol–water partition coefficient (Wildman–Crippen LogP) is 2.66. The minimum atomic E-state index is -1.14. The van der Waals surface area contributed by atoms with Crippen molar-refractivity contribution in [2.45, 2.75) is 89.8 Å². The molecule has 0 aromatic carbocycles. The van der Waals surface area contributed by atoms with Crippen molar-refractivity contribution in [3.8, 4) is 0 Å². The summed E-state index contributed by atoms with van der Waals surface area (Å²) in [6, 6.07) is 0. The number of hydrogen-bond acceptors (Lipinski definition) is 4. The van der Waals surface area contributed by atoms with Gasteiger partial charge in [-0.2, -0.15) is 0 Å². The molecule has 2 saturated carbocycles. The van der Waals surface area contributed by atoms with Crippen LogP contribution >= 0.6 is 0 Å². The predicted molar refractivity (Wildman–Crippen MR) is 93.4 cm³/mol. The highest BCUT2D eigenvalue weighted by Gasteiger charge is 2.69. The molecule has 3 N–H and O–H groups in total. The fraction of sp³-hybridized carbons (Fsp3) is 0.900. The number of aliphatic hydroxyl groups excluding tert-OH is 2. The first kappa shape index (κ1) is 18.4. The van der Waals surface area contributed by atoms with Crippen LogP contribution in [-0.4, -0.2) is 44.8 Å². The lowest BCUT2D eigenvalue weighted by molar-refractivity contribution is -0.262. The van der Waals surface area contributed by atoms with Crippen molar-refractivity contribution in [2.75, 3.05) is 0 Å². The first-order chi connectivity index (χ1) is 10.9. The number of aliphatic hydroxyl groups is 3. The molecule has 0 unspecified atom stereocenters. The van der Waals surface area contributed by atoms with Gasteiger partial charge >= 0.3 is 0 Å². The summed E-state index contributed by atoms with van der Waals surface area (Å²) in [5.41, 5.74) is -2.11. The van der Waals surface area contributed by atoms with Crippen LogP contribution in [0.1, 0.15) is 60.3 Å². The molecule has 0 bridgehead atoms. The van der Waals surface area contributed by atoms with E-state index in [2.05, 4.69) is 27.4 Å². The first-order valence-corrected chi connectivity index (χ1v) is 9.30. The van der Waals surface area contributed by atoms with Crippen LogP contribution in [0.15, 0.2) is 12.7 Å². The molecular weight excluding hydrogens is 304 g/mol. The van der Waals surface area contributed by atoms with E-state index in [1.165, 1.54) is 6.08 Å². The molecule has 1 saturated heterocycles. The highest BCUT2D eigenvalue weighted by atomic mass is 16.5. The Hall–Kier alpha value is -0.420. The van der Waals surface area contributed by atoms with Crippen LogP contribution in [0.5, 0.6) is 0 Å². The van der Waals surface area contributed by atoms with Crippen molar-refractivity contribution in [1.82, 2.24) is 0 Å². The van der Waals surface area contributed by atoms with Crippen LogP contribution in [0.2, 0.25) is 0 Å². The van der Waals surface area contributed by atoms with Gasteiger partial charge in [0.15, 0.2) is 0 Å². The summed E-state index contributed by atoms with van der Waals surface area (Å²) in [5, 5.41) is 32.6. The quantitative estimate of drug-likeness (QED) is 0.677. The zero-order valence-electron chi connectivity index (χ0n) is 15.7. The second-order valence-electron chi connectivity index (χ2n) is 9.77. The SMILES string of the molecule is C=C[C@@](C)(O)[C@H]1C[C@@H]2[C@@]3(C)CCCC(C)(C)[C@@H]3[C@H](O)[C@H](O)[C@@]2(C)O1. The molecule has 0 aromatic heterocycles. The molecule has 138 valence electrons. The van der Waals surface area contributed by atoms with Crippen molar-refractivity contribution < 1.29 is 20.1 Å². The van der Waals surface area contributed by atoms with E-state index < -0.39 is 29.5 Å². The van der Waals surface area contributed by atoms with E-state index in [-0.39, 0.29) is 22.7 Å². The summed E-state index contributed by atoms with van der Waals surface area (Å²) in [6.07, 6.45) is 3.26.